The Morgan fingerprint density at radius 2 is 1.81 bits per heavy atom. The summed E-state index contributed by atoms with van der Waals surface area (Å²) in [6.07, 6.45) is 5.30. The van der Waals surface area contributed by atoms with E-state index in [2.05, 4.69) is 19.9 Å². The Labute approximate surface area is 147 Å². The van der Waals surface area contributed by atoms with E-state index in [1.807, 2.05) is 59.1 Å². The van der Waals surface area contributed by atoms with Crippen molar-refractivity contribution in [1.82, 2.24) is 28.9 Å². The highest BCUT2D eigenvalue weighted by molar-refractivity contribution is 5.72. The molecular formula is C19H14N6O. The molecule has 26 heavy (non-hydrogen) atoms. The lowest BCUT2D eigenvalue weighted by Gasteiger charge is -2.04. The van der Waals surface area contributed by atoms with Crippen LogP contribution in [-0.2, 0) is 6.54 Å². The zero-order chi connectivity index (χ0) is 17.5. The summed E-state index contributed by atoms with van der Waals surface area (Å²) < 4.78 is 3.55. The second-order valence-electron chi connectivity index (χ2n) is 6.01. The van der Waals surface area contributed by atoms with E-state index in [0.717, 1.165) is 16.9 Å². The molecule has 0 saturated heterocycles. The van der Waals surface area contributed by atoms with E-state index in [9.17, 15) is 4.79 Å². The molecule has 1 N–H and O–H groups in total. The lowest BCUT2D eigenvalue weighted by molar-refractivity contribution is 0.777. The van der Waals surface area contributed by atoms with Crippen molar-refractivity contribution in [1.29, 1.82) is 0 Å². The average Bonchev–Trinajstić information content (AvgIpc) is 3.24. The molecule has 5 aromatic rings. The van der Waals surface area contributed by atoms with E-state index in [0.29, 0.717) is 23.5 Å². The average molecular weight is 342 g/mol. The smallest absolute Gasteiger partial charge is 0.303 e. The predicted octanol–water partition coefficient (Wildman–Crippen LogP) is 2.48. The van der Waals surface area contributed by atoms with Gasteiger partial charge in [-0.1, -0.05) is 36.4 Å². The van der Waals surface area contributed by atoms with E-state index in [1.54, 1.807) is 17.0 Å². The number of aromatic nitrogens is 6. The molecule has 0 unspecified atom stereocenters. The summed E-state index contributed by atoms with van der Waals surface area (Å²) in [5.41, 5.74) is 3.63. The number of aromatic amines is 1. The van der Waals surface area contributed by atoms with Gasteiger partial charge in [0.2, 0.25) is 0 Å². The molecule has 1 aromatic carbocycles. The lowest BCUT2D eigenvalue weighted by Crippen LogP contribution is -2.17. The Hall–Kier alpha value is -3.74. The van der Waals surface area contributed by atoms with Gasteiger partial charge in [-0.15, -0.1) is 0 Å². The zero-order valence-corrected chi connectivity index (χ0v) is 13.7. The molecule has 0 saturated carbocycles. The molecule has 0 bridgehead atoms. The highest BCUT2D eigenvalue weighted by Gasteiger charge is 2.13. The van der Waals surface area contributed by atoms with Crippen molar-refractivity contribution in [2.75, 3.05) is 0 Å². The summed E-state index contributed by atoms with van der Waals surface area (Å²) in [5, 5.41) is 0. The van der Waals surface area contributed by atoms with Gasteiger partial charge in [0.15, 0.2) is 11.5 Å². The Kier molecular flexibility index (Phi) is 3.18. The molecular weight excluding hydrogens is 328 g/mol. The number of rotatable bonds is 3. The first-order valence-corrected chi connectivity index (χ1v) is 8.21. The largest absolute Gasteiger partial charge is 0.328 e. The van der Waals surface area contributed by atoms with Gasteiger partial charge in [-0.25, -0.2) is 19.7 Å². The van der Waals surface area contributed by atoms with Crippen molar-refractivity contribution < 1.29 is 0 Å². The van der Waals surface area contributed by atoms with Crippen LogP contribution >= 0.6 is 0 Å². The molecule has 0 amide bonds. The second-order valence-corrected chi connectivity index (χ2v) is 6.01. The van der Waals surface area contributed by atoms with Gasteiger partial charge in [0.05, 0.1) is 18.9 Å². The number of nitrogens with zero attached hydrogens (tertiary/aromatic N) is 5. The third kappa shape index (κ3) is 2.29. The van der Waals surface area contributed by atoms with Crippen molar-refractivity contribution in [3.8, 4) is 11.5 Å². The fourth-order valence-corrected chi connectivity index (χ4v) is 3.08. The van der Waals surface area contributed by atoms with Crippen LogP contribution in [0.2, 0.25) is 0 Å². The first kappa shape index (κ1) is 14.6. The van der Waals surface area contributed by atoms with Crippen LogP contribution in [0.25, 0.3) is 28.3 Å². The number of hydrogen-bond donors (Lipinski definition) is 1. The number of hydrogen-bond acceptors (Lipinski definition) is 4. The minimum absolute atomic E-state index is 0.201. The van der Waals surface area contributed by atoms with Crippen LogP contribution in [0.5, 0.6) is 0 Å². The Morgan fingerprint density at radius 3 is 2.69 bits per heavy atom. The quantitative estimate of drug-likeness (QED) is 0.546. The summed E-state index contributed by atoms with van der Waals surface area (Å²) in [5.74, 6) is 0.525. The van der Waals surface area contributed by atoms with Crippen LogP contribution in [-0.4, -0.2) is 28.9 Å². The highest BCUT2D eigenvalue weighted by atomic mass is 16.1. The maximum atomic E-state index is 12.4. The second kappa shape index (κ2) is 5.66. The van der Waals surface area contributed by atoms with Gasteiger partial charge < -0.3 is 4.98 Å². The summed E-state index contributed by atoms with van der Waals surface area (Å²) in [6.45, 7) is 0.448. The van der Waals surface area contributed by atoms with Crippen molar-refractivity contribution in [3.63, 3.8) is 0 Å². The standard InChI is InChI=1S/C19H14N6O/c26-19-22-14-10-21-17(15-11-20-16-8-4-5-9-24(15)16)23-18(14)25(19)12-13-6-2-1-3-7-13/h1-11H,12H2,(H,22,26). The molecule has 0 aliphatic carbocycles. The normalized spacial score (nSPS) is 11.4. The fraction of sp³-hybridized carbons (Fsp3) is 0.0526. The van der Waals surface area contributed by atoms with Crippen LogP contribution in [0, 0.1) is 0 Å². The zero-order valence-electron chi connectivity index (χ0n) is 13.7. The Balaban J connectivity index is 1.67. The van der Waals surface area contributed by atoms with Gasteiger partial charge in [0.25, 0.3) is 0 Å². The molecule has 4 aromatic heterocycles. The molecule has 0 aliphatic rings. The van der Waals surface area contributed by atoms with E-state index in [-0.39, 0.29) is 5.69 Å². The van der Waals surface area contributed by atoms with E-state index >= 15 is 0 Å². The SMILES string of the molecule is O=c1[nH]c2cnc(-c3cnc4ccccn34)nc2n1Cc1ccccc1. The van der Waals surface area contributed by atoms with Crippen LogP contribution in [0.15, 0.2) is 71.9 Å². The van der Waals surface area contributed by atoms with Gasteiger partial charge in [0.1, 0.15) is 16.9 Å². The van der Waals surface area contributed by atoms with Crippen molar-refractivity contribution in [2.24, 2.45) is 0 Å². The van der Waals surface area contributed by atoms with Crippen LogP contribution in [0.1, 0.15) is 5.56 Å². The van der Waals surface area contributed by atoms with Crippen LogP contribution in [0.3, 0.4) is 0 Å². The third-order valence-corrected chi connectivity index (χ3v) is 4.34. The molecule has 0 radical (unpaired) electrons. The summed E-state index contributed by atoms with van der Waals surface area (Å²) in [7, 11) is 0. The molecule has 0 aliphatic heterocycles. The molecule has 0 spiro atoms. The van der Waals surface area contributed by atoms with E-state index < -0.39 is 0 Å². The number of H-pyrrole nitrogens is 1. The van der Waals surface area contributed by atoms with Crippen molar-refractivity contribution in [2.45, 2.75) is 6.54 Å². The molecule has 0 atom stereocenters. The monoisotopic (exact) mass is 342 g/mol. The van der Waals surface area contributed by atoms with Gasteiger partial charge in [-0.2, -0.15) is 0 Å². The van der Waals surface area contributed by atoms with Gasteiger partial charge in [0, 0.05) is 6.20 Å². The van der Waals surface area contributed by atoms with Gasteiger partial charge in [-0.05, 0) is 17.7 Å². The molecule has 5 rings (SSSR count). The Bertz CT molecular complexity index is 1280. The molecule has 7 nitrogen and oxygen atoms in total. The molecule has 7 heteroatoms. The molecule has 4 heterocycles. The maximum Gasteiger partial charge on any atom is 0.328 e. The van der Waals surface area contributed by atoms with E-state index in [1.165, 1.54) is 0 Å². The van der Waals surface area contributed by atoms with Crippen LogP contribution < -0.4 is 5.69 Å². The predicted molar refractivity (Wildman–Crippen MR) is 97.9 cm³/mol. The van der Waals surface area contributed by atoms with Crippen LogP contribution in [0.4, 0.5) is 0 Å². The number of imidazole rings is 2. The summed E-state index contributed by atoms with van der Waals surface area (Å²) >= 11 is 0. The number of nitrogens with one attached hydrogen (secondary N) is 1. The summed E-state index contributed by atoms with van der Waals surface area (Å²) in [4.78, 5) is 28.6. The third-order valence-electron chi connectivity index (χ3n) is 4.34. The number of benzene rings is 1. The topological polar surface area (TPSA) is 80.9 Å². The van der Waals surface area contributed by atoms with Crippen molar-refractivity contribution in [3.05, 3.63) is 83.2 Å². The summed E-state index contributed by atoms with van der Waals surface area (Å²) in [6, 6.07) is 15.6. The number of pyridine rings is 1. The van der Waals surface area contributed by atoms with Gasteiger partial charge >= 0.3 is 5.69 Å². The molecule has 126 valence electrons. The first-order chi connectivity index (χ1) is 12.8. The maximum absolute atomic E-state index is 12.4. The van der Waals surface area contributed by atoms with Crippen molar-refractivity contribution >= 4 is 16.8 Å². The Morgan fingerprint density at radius 1 is 0.962 bits per heavy atom. The van der Waals surface area contributed by atoms with Gasteiger partial charge in [-0.3, -0.25) is 8.97 Å². The minimum Gasteiger partial charge on any atom is -0.303 e. The first-order valence-electron chi connectivity index (χ1n) is 8.21. The fourth-order valence-electron chi connectivity index (χ4n) is 3.08. The van der Waals surface area contributed by atoms with E-state index in [4.69, 9.17) is 0 Å². The lowest BCUT2D eigenvalue weighted by atomic mass is 10.2. The number of fused-ring (bicyclic) bond motifs is 2. The highest BCUT2D eigenvalue weighted by Crippen LogP contribution is 2.19. The molecule has 0 fully saturated rings. The minimum atomic E-state index is -0.201.